The van der Waals surface area contributed by atoms with Crippen molar-refractivity contribution < 1.29 is 28.6 Å². The van der Waals surface area contributed by atoms with Gasteiger partial charge < -0.3 is 34.3 Å². The number of ether oxygens (including phenoxy) is 2. The van der Waals surface area contributed by atoms with E-state index in [1.807, 2.05) is 16.7 Å². The van der Waals surface area contributed by atoms with Crippen molar-refractivity contribution in [1.82, 2.24) is 14.8 Å². The first-order chi connectivity index (χ1) is 17.1. The molecule has 1 aromatic heterocycles. The van der Waals surface area contributed by atoms with Gasteiger partial charge in [-0.1, -0.05) is 0 Å². The third-order valence-corrected chi connectivity index (χ3v) is 7.02. The Balaban J connectivity index is 1.70. The molecule has 1 aliphatic heterocycles. The molecule has 1 aliphatic carbocycles. The Morgan fingerprint density at radius 1 is 1.28 bits per heavy atom. The minimum absolute atomic E-state index is 0.0197. The van der Waals surface area contributed by atoms with Crippen LogP contribution in [0, 0.1) is 5.82 Å². The first-order valence-electron chi connectivity index (χ1n) is 11.7. The molecule has 1 saturated heterocycles. The highest BCUT2D eigenvalue weighted by molar-refractivity contribution is 7.80. The van der Waals surface area contributed by atoms with Gasteiger partial charge in [-0.25, -0.2) is 14.0 Å². The third kappa shape index (κ3) is 4.57. The fraction of sp³-hybridized carbons (Fsp3) is 0.500. The highest BCUT2D eigenvalue weighted by Crippen LogP contribution is 2.44. The summed E-state index contributed by atoms with van der Waals surface area (Å²) in [6, 6.07) is 0.390. The molecule has 36 heavy (non-hydrogen) atoms. The van der Waals surface area contributed by atoms with E-state index in [0.717, 1.165) is 18.9 Å². The summed E-state index contributed by atoms with van der Waals surface area (Å²) in [5, 5.41) is 12.9. The number of methoxy groups -OCH3 is 2. The van der Waals surface area contributed by atoms with Gasteiger partial charge in [0, 0.05) is 37.9 Å². The van der Waals surface area contributed by atoms with Crippen LogP contribution in [0.1, 0.15) is 43.1 Å². The first-order valence-corrected chi connectivity index (χ1v) is 12.1. The molecule has 2 fully saturated rings. The van der Waals surface area contributed by atoms with E-state index in [2.05, 4.69) is 5.32 Å². The number of nitrogens with zero attached hydrogens (tertiary/aromatic N) is 3. The van der Waals surface area contributed by atoms with E-state index in [-0.39, 0.29) is 28.9 Å². The minimum atomic E-state index is -1.35. The maximum atomic E-state index is 15.6. The first kappa shape index (κ1) is 25.7. The van der Waals surface area contributed by atoms with Gasteiger partial charge in [0.25, 0.3) is 0 Å². The van der Waals surface area contributed by atoms with E-state index in [0.29, 0.717) is 30.3 Å². The lowest BCUT2D eigenvalue weighted by Crippen LogP contribution is -2.58. The maximum Gasteiger partial charge on any atom is 0.341 e. The molecule has 10 nitrogen and oxygen atoms in total. The lowest BCUT2D eigenvalue weighted by atomic mass is 10.1. The van der Waals surface area contributed by atoms with Crippen LogP contribution in [-0.2, 0) is 9.53 Å². The molecule has 12 heteroatoms. The Labute approximate surface area is 212 Å². The van der Waals surface area contributed by atoms with Gasteiger partial charge in [-0.2, -0.15) is 0 Å². The topological polar surface area (TPSA) is 113 Å². The number of rotatable bonds is 6. The molecule has 1 saturated carbocycles. The number of benzene rings is 1. The van der Waals surface area contributed by atoms with Crippen molar-refractivity contribution in [2.24, 2.45) is 0 Å². The second-order valence-electron chi connectivity index (χ2n) is 9.13. The summed E-state index contributed by atoms with van der Waals surface area (Å²) >= 11 is 5.49. The van der Waals surface area contributed by atoms with Crippen LogP contribution in [0.25, 0.3) is 10.9 Å². The average molecular weight is 521 g/mol. The Kier molecular flexibility index (Phi) is 7.07. The number of aromatic nitrogens is 1. The number of aromatic carboxylic acids is 1. The summed E-state index contributed by atoms with van der Waals surface area (Å²) in [6.07, 6.45) is 3.00. The molecule has 2 atom stereocenters. The van der Waals surface area contributed by atoms with Gasteiger partial charge in [0.15, 0.2) is 16.7 Å². The Morgan fingerprint density at radius 3 is 2.53 bits per heavy atom. The molecular weight excluding hydrogens is 491 g/mol. The van der Waals surface area contributed by atoms with Crippen LogP contribution in [0.3, 0.4) is 0 Å². The van der Waals surface area contributed by atoms with Gasteiger partial charge in [-0.15, -0.1) is 0 Å². The number of carbonyl (C=O) groups excluding carboxylic acids is 1. The van der Waals surface area contributed by atoms with Crippen LogP contribution in [0.5, 0.6) is 5.75 Å². The minimum Gasteiger partial charge on any atom is -0.492 e. The van der Waals surface area contributed by atoms with E-state index >= 15 is 4.39 Å². The van der Waals surface area contributed by atoms with Gasteiger partial charge in [-0.05, 0) is 45.0 Å². The number of fused-ring (bicyclic) bond motifs is 1. The van der Waals surface area contributed by atoms with E-state index in [1.165, 1.54) is 20.4 Å². The second kappa shape index (κ2) is 9.92. The van der Waals surface area contributed by atoms with Crippen molar-refractivity contribution in [3.05, 3.63) is 33.9 Å². The number of hydrogen-bond acceptors (Lipinski definition) is 7. The Morgan fingerprint density at radius 2 is 1.97 bits per heavy atom. The van der Waals surface area contributed by atoms with Crippen LogP contribution >= 0.6 is 12.2 Å². The normalized spacial score (nSPS) is 18.6. The number of anilines is 1. The zero-order valence-electron chi connectivity index (χ0n) is 20.5. The van der Waals surface area contributed by atoms with Crippen LogP contribution in [0.15, 0.2) is 17.1 Å². The summed E-state index contributed by atoms with van der Waals surface area (Å²) < 4.78 is 27.7. The number of carboxylic acid groups (broad SMARTS) is 1. The van der Waals surface area contributed by atoms with Crippen LogP contribution in [0.4, 0.5) is 10.1 Å². The van der Waals surface area contributed by atoms with Crippen molar-refractivity contribution >= 4 is 45.9 Å². The monoisotopic (exact) mass is 520 g/mol. The molecule has 1 aromatic carbocycles. The zero-order chi connectivity index (χ0) is 26.3. The molecular formula is C24H29FN4O6S. The molecule has 2 heterocycles. The Bertz CT molecular complexity index is 1290. The smallest absolute Gasteiger partial charge is 0.341 e. The molecule has 2 N–H and O–H groups in total. The SMILES string of the molecule is COC(=O)[C@H](C)NC(=S)N1CCN(c2c(F)cc3c(=O)c(C(=O)O)cn(C4CC4)c3c2OC)C[C@H]1C. The van der Waals surface area contributed by atoms with Crippen molar-refractivity contribution in [3.63, 3.8) is 0 Å². The number of carboxylic acids is 1. The standard InChI is InChI=1S/C24H29FN4O6S/c1-12-10-27(7-8-28(12)24(36)26-13(2)23(33)35-4)19-17(25)9-15-18(21(19)34-3)29(14-5-6-14)11-16(20(15)30)22(31)32/h9,11-14H,5-8,10H2,1-4H3,(H,26,36)(H,31,32)/t12-,13+/m1/s1. The fourth-order valence-corrected chi connectivity index (χ4v) is 5.14. The quantitative estimate of drug-likeness (QED) is 0.434. The fourth-order valence-electron chi connectivity index (χ4n) is 4.69. The lowest BCUT2D eigenvalue weighted by Gasteiger charge is -2.43. The molecule has 0 radical (unpaired) electrons. The molecule has 194 valence electrons. The summed E-state index contributed by atoms with van der Waals surface area (Å²) in [5.41, 5.74) is -0.527. The van der Waals surface area contributed by atoms with Crippen molar-refractivity contribution in [2.45, 2.75) is 44.8 Å². The highest BCUT2D eigenvalue weighted by atomic mass is 32.1. The maximum absolute atomic E-state index is 15.6. The number of nitrogens with one attached hydrogen (secondary N) is 1. The number of thiocarbonyl (C=S) groups is 1. The van der Waals surface area contributed by atoms with Gasteiger partial charge in [0.05, 0.1) is 25.1 Å². The van der Waals surface area contributed by atoms with E-state index < -0.39 is 34.8 Å². The van der Waals surface area contributed by atoms with E-state index in [1.54, 1.807) is 11.5 Å². The molecule has 0 amide bonds. The summed E-state index contributed by atoms with van der Waals surface area (Å²) in [6.45, 7) is 4.85. The molecule has 0 spiro atoms. The van der Waals surface area contributed by atoms with Crippen molar-refractivity contribution in [3.8, 4) is 5.75 Å². The van der Waals surface area contributed by atoms with Crippen LogP contribution < -0.4 is 20.4 Å². The zero-order valence-corrected chi connectivity index (χ0v) is 21.4. The molecule has 4 rings (SSSR count). The predicted molar refractivity (Wildman–Crippen MR) is 136 cm³/mol. The summed E-state index contributed by atoms with van der Waals surface area (Å²) in [4.78, 5) is 40.1. The van der Waals surface area contributed by atoms with Gasteiger partial charge in [-0.3, -0.25) is 4.79 Å². The van der Waals surface area contributed by atoms with E-state index in [4.69, 9.17) is 21.7 Å². The van der Waals surface area contributed by atoms with Gasteiger partial charge in [0.1, 0.15) is 17.3 Å². The number of hydrogen-bond donors (Lipinski definition) is 2. The van der Waals surface area contributed by atoms with E-state index in [9.17, 15) is 19.5 Å². The number of carbonyl (C=O) groups is 2. The van der Waals surface area contributed by atoms with Crippen molar-refractivity contribution in [1.29, 1.82) is 0 Å². The number of halogens is 1. The van der Waals surface area contributed by atoms with Crippen molar-refractivity contribution in [2.75, 3.05) is 38.8 Å². The van der Waals surface area contributed by atoms with Crippen LogP contribution in [0.2, 0.25) is 0 Å². The largest absolute Gasteiger partial charge is 0.492 e. The molecule has 2 aromatic rings. The molecule has 0 unspecified atom stereocenters. The average Bonchev–Trinajstić information content (AvgIpc) is 3.68. The second-order valence-corrected chi connectivity index (χ2v) is 9.52. The van der Waals surface area contributed by atoms with Gasteiger partial charge in [0.2, 0.25) is 5.43 Å². The summed E-state index contributed by atoms with van der Waals surface area (Å²) in [5.74, 6) is -2.25. The predicted octanol–water partition coefficient (Wildman–Crippen LogP) is 2.13. The summed E-state index contributed by atoms with van der Waals surface area (Å²) in [7, 11) is 2.72. The number of piperazine rings is 1. The molecule has 0 bridgehead atoms. The van der Waals surface area contributed by atoms with Crippen LogP contribution in [-0.4, -0.2) is 77.6 Å². The third-order valence-electron chi connectivity index (χ3n) is 6.67. The van der Waals surface area contributed by atoms with Gasteiger partial charge >= 0.3 is 11.9 Å². The number of esters is 1. The Hall–Kier alpha value is -3.41. The molecule has 2 aliphatic rings. The highest BCUT2D eigenvalue weighted by Gasteiger charge is 2.34. The lowest BCUT2D eigenvalue weighted by molar-refractivity contribution is -0.142. The number of pyridine rings is 1.